The number of fused-ring (bicyclic) bond motifs is 1. The van der Waals surface area contributed by atoms with Crippen LogP contribution < -0.4 is 4.72 Å². The first-order chi connectivity index (χ1) is 10.9. The lowest BCUT2D eigenvalue weighted by atomic mass is 9.78. The Kier molecular flexibility index (Phi) is 4.49. The fourth-order valence-electron chi connectivity index (χ4n) is 4.23. The van der Waals surface area contributed by atoms with E-state index in [1.807, 2.05) is 4.90 Å². The van der Waals surface area contributed by atoms with Crippen LogP contribution in [0, 0.1) is 5.92 Å². The molecule has 0 bridgehead atoms. The highest BCUT2D eigenvalue weighted by Crippen LogP contribution is 2.36. The molecule has 1 aliphatic carbocycles. The minimum atomic E-state index is -3.64. The molecule has 23 heavy (non-hydrogen) atoms. The molecule has 1 N–H and O–H groups in total. The van der Waals surface area contributed by atoms with Crippen molar-refractivity contribution in [2.75, 3.05) is 6.54 Å². The van der Waals surface area contributed by atoms with E-state index in [-0.39, 0.29) is 12.3 Å². The van der Waals surface area contributed by atoms with Crippen LogP contribution in [0.2, 0.25) is 0 Å². The number of allylic oxidation sites excluding steroid dienone is 1. The molecule has 0 aromatic carbocycles. The smallest absolute Gasteiger partial charge is 0.339 e. The molecule has 1 saturated carbocycles. The van der Waals surface area contributed by atoms with E-state index in [1.54, 1.807) is 13.8 Å². The van der Waals surface area contributed by atoms with Crippen molar-refractivity contribution in [2.24, 2.45) is 10.3 Å². The van der Waals surface area contributed by atoms with Gasteiger partial charge >= 0.3 is 10.2 Å². The fraction of sp³-hybridized carbons (Fsp3) is 0.750. The van der Waals surface area contributed by atoms with E-state index in [4.69, 9.17) is 0 Å². The molecule has 1 amide bonds. The summed E-state index contributed by atoms with van der Waals surface area (Å²) in [6.45, 7) is 4.18. The van der Waals surface area contributed by atoms with Gasteiger partial charge in [0, 0.05) is 23.9 Å². The van der Waals surface area contributed by atoms with Gasteiger partial charge in [-0.3, -0.25) is 9.52 Å². The van der Waals surface area contributed by atoms with Gasteiger partial charge < -0.3 is 4.90 Å². The number of amides is 1. The number of nitrogens with one attached hydrogen (secondary N) is 1. The maximum absolute atomic E-state index is 12.8. The quantitative estimate of drug-likeness (QED) is 0.837. The molecule has 128 valence electrons. The van der Waals surface area contributed by atoms with Crippen molar-refractivity contribution in [2.45, 2.75) is 64.8 Å². The average molecular weight is 339 g/mol. The molecule has 2 aliphatic heterocycles. The first kappa shape index (κ1) is 16.5. The van der Waals surface area contributed by atoms with Gasteiger partial charge in [0.2, 0.25) is 5.91 Å². The Labute approximate surface area is 138 Å². The van der Waals surface area contributed by atoms with Gasteiger partial charge in [-0.15, -0.1) is 4.40 Å². The Bertz CT molecular complexity index is 664. The lowest BCUT2D eigenvalue weighted by Gasteiger charge is -2.44. The lowest BCUT2D eigenvalue weighted by Crippen LogP contribution is -2.50. The summed E-state index contributed by atoms with van der Waals surface area (Å²) in [6.07, 6.45) is 7.35. The zero-order chi connectivity index (χ0) is 16.6. The molecule has 3 aliphatic rings. The van der Waals surface area contributed by atoms with Gasteiger partial charge in [-0.25, -0.2) is 0 Å². The third-order valence-corrected chi connectivity index (χ3v) is 6.40. The van der Waals surface area contributed by atoms with Crippen molar-refractivity contribution in [1.29, 1.82) is 0 Å². The first-order valence-corrected chi connectivity index (χ1v) is 9.90. The van der Waals surface area contributed by atoms with Crippen molar-refractivity contribution >= 4 is 21.8 Å². The van der Waals surface area contributed by atoms with Crippen molar-refractivity contribution < 1.29 is 13.2 Å². The third kappa shape index (κ3) is 3.44. The average Bonchev–Trinajstić information content (AvgIpc) is 2.49. The summed E-state index contributed by atoms with van der Waals surface area (Å²) < 4.78 is 29.2. The van der Waals surface area contributed by atoms with Gasteiger partial charge in [-0.2, -0.15) is 8.42 Å². The highest BCUT2D eigenvalue weighted by atomic mass is 32.2. The Morgan fingerprint density at radius 1 is 1.22 bits per heavy atom. The monoisotopic (exact) mass is 339 g/mol. The number of nitrogens with zero attached hydrogens (tertiary/aromatic N) is 2. The zero-order valence-corrected chi connectivity index (χ0v) is 14.7. The number of hydrogen-bond donors (Lipinski definition) is 1. The molecule has 0 unspecified atom stereocenters. The van der Waals surface area contributed by atoms with Crippen LogP contribution in [0.1, 0.15) is 58.8 Å². The van der Waals surface area contributed by atoms with Gasteiger partial charge in [0.1, 0.15) is 0 Å². The molecule has 2 atom stereocenters. The van der Waals surface area contributed by atoms with Crippen molar-refractivity contribution in [3.8, 4) is 0 Å². The Morgan fingerprint density at radius 2 is 1.91 bits per heavy atom. The van der Waals surface area contributed by atoms with Crippen molar-refractivity contribution in [3.05, 3.63) is 11.3 Å². The highest BCUT2D eigenvalue weighted by Gasteiger charge is 2.36. The molecule has 6 nitrogen and oxygen atoms in total. The second-order valence-electron chi connectivity index (χ2n) is 6.88. The minimum absolute atomic E-state index is 0.103. The number of likely N-dealkylation sites (tertiary alicyclic amines) is 1. The maximum Gasteiger partial charge on any atom is 0.342 e. The van der Waals surface area contributed by atoms with Crippen LogP contribution in [0.15, 0.2) is 15.7 Å². The number of rotatable bonds is 2. The van der Waals surface area contributed by atoms with E-state index in [9.17, 15) is 13.2 Å². The van der Waals surface area contributed by atoms with Gasteiger partial charge in [0.15, 0.2) is 0 Å². The van der Waals surface area contributed by atoms with Crippen LogP contribution in [0.3, 0.4) is 0 Å². The number of hydrogen-bond acceptors (Lipinski definition) is 3. The molecule has 0 aromatic heterocycles. The summed E-state index contributed by atoms with van der Waals surface area (Å²) in [5.74, 6) is 0.753. The number of piperidine rings is 1. The summed E-state index contributed by atoms with van der Waals surface area (Å²) >= 11 is 0. The van der Waals surface area contributed by atoms with Crippen LogP contribution in [0.25, 0.3) is 0 Å². The van der Waals surface area contributed by atoms with Crippen LogP contribution in [-0.2, 0) is 15.0 Å². The van der Waals surface area contributed by atoms with Gasteiger partial charge in [-0.05, 0) is 45.4 Å². The van der Waals surface area contributed by atoms with Gasteiger partial charge in [0.25, 0.3) is 0 Å². The Balaban J connectivity index is 1.75. The summed E-state index contributed by atoms with van der Waals surface area (Å²) in [5, 5.41) is 0. The molecule has 7 heteroatoms. The SMILES string of the molecule is CC1=NS(=O)(=O)NC(C)=C1CC(=O)N1CCC[C@@H]2CCCC[C@@H]21. The van der Waals surface area contributed by atoms with Gasteiger partial charge in [-0.1, -0.05) is 12.8 Å². The van der Waals surface area contributed by atoms with E-state index >= 15 is 0 Å². The van der Waals surface area contributed by atoms with E-state index < -0.39 is 10.2 Å². The van der Waals surface area contributed by atoms with E-state index in [0.29, 0.717) is 28.9 Å². The Hall–Kier alpha value is -1.37. The molecular weight excluding hydrogens is 314 g/mol. The molecular formula is C16H25N3O3S. The fourth-order valence-corrected chi connectivity index (χ4v) is 5.26. The normalized spacial score (nSPS) is 30.3. The largest absolute Gasteiger partial charge is 0.342 e. The molecule has 0 aromatic rings. The van der Waals surface area contributed by atoms with Crippen LogP contribution >= 0.6 is 0 Å². The summed E-state index contributed by atoms with van der Waals surface area (Å²) in [6, 6.07) is 0.378. The van der Waals surface area contributed by atoms with Crippen LogP contribution in [0.4, 0.5) is 0 Å². The molecule has 1 saturated heterocycles. The van der Waals surface area contributed by atoms with Gasteiger partial charge in [0.05, 0.1) is 12.1 Å². The summed E-state index contributed by atoms with van der Waals surface area (Å²) in [5.41, 5.74) is 1.65. The predicted molar refractivity (Wildman–Crippen MR) is 89.2 cm³/mol. The number of carbonyl (C=O) groups is 1. The standard InChI is InChI=1S/C16H25N3O3S/c1-11-14(12(2)18-23(21,22)17-11)10-16(20)19-9-5-7-13-6-3-4-8-15(13)19/h13,15,17H,3-10H2,1-2H3/t13-,15-/m0/s1. The van der Waals surface area contributed by atoms with Crippen LogP contribution in [-0.4, -0.2) is 37.5 Å². The second-order valence-corrected chi connectivity index (χ2v) is 8.21. The molecule has 2 fully saturated rings. The predicted octanol–water partition coefficient (Wildman–Crippen LogP) is 2.14. The molecule has 3 rings (SSSR count). The van der Waals surface area contributed by atoms with Crippen molar-refractivity contribution in [3.63, 3.8) is 0 Å². The maximum atomic E-state index is 12.8. The van der Waals surface area contributed by atoms with E-state index in [0.717, 1.165) is 19.4 Å². The van der Waals surface area contributed by atoms with E-state index in [2.05, 4.69) is 9.12 Å². The molecule has 0 spiro atoms. The minimum Gasteiger partial charge on any atom is -0.339 e. The van der Waals surface area contributed by atoms with E-state index in [1.165, 1.54) is 25.7 Å². The highest BCUT2D eigenvalue weighted by molar-refractivity contribution is 7.88. The second kappa shape index (κ2) is 6.26. The Morgan fingerprint density at radius 3 is 2.65 bits per heavy atom. The molecule has 2 heterocycles. The zero-order valence-electron chi connectivity index (χ0n) is 13.8. The number of carbonyl (C=O) groups excluding carboxylic acids is 1. The first-order valence-electron chi connectivity index (χ1n) is 8.46. The van der Waals surface area contributed by atoms with Crippen LogP contribution in [0.5, 0.6) is 0 Å². The van der Waals surface area contributed by atoms with Crippen molar-refractivity contribution in [1.82, 2.24) is 9.62 Å². The summed E-state index contributed by atoms with van der Waals surface area (Å²) in [7, 11) is -3.64. The lowest BCUT2D eigenvalue weighted by molar-refractivity contribution is -0.136. The molecule has 0 radical (unpaired) electrons. The third-order valence-electron chi connectivity index (χ3n) is 5.32. The topological polar surface area (TPSA) is 78.8 Å². The summed E-state index contributed by atoms with van der Waals surface area (Å²) in [4.78, 5) is 14.9.